The van der Waals surface area contributed by atoms with Crippen molar-refractivity contribution in [3.05, 3.63) is 24.3 Å². The fourth-order valence-electron chi connectivity index (χ4n) is 1.50. The molecule has 20 heavy (non-hydrogen) atoms. The molecule has 0 spiro atoms. The van der Waals surface area contributed by atoms with Crippen LogP contribution in [0.5, 0.6) is 11.5 Å². The smallest absolute Gasteiger partial charge is 0.391 e. The number of para-hydroxylation sites is 2. The number of amides is 1. The first-order valence-electron chi connectivity index (χ1n) is 5.82. The number of nitrogens with one attached hydrogen (secondary N) is 1. The number of rotatable bonds is 4. The first-order chi connectivity index (χ1) is 9.46. The van der Waals surface area contributed by atoms with Gasteiger partial charge in [-0.25, -0.2) is 5.48 Å². The van der Waals surface area contributed by atoms with Crippen molar-refractivity contribution >= 4 is 5.91 Å². The highest BCUT2D eigenvalue weighted by Crippen LogP contribution is 2.30. The fraction of sp³-hybridized carbons (Fsp3) is 0.417. The number of carbonyl (C=O) groups excluding carboxylic acids is 1. The summed E-state index contributed by atoms with van der Waals surface area (Å²) in [4.78, 5) is 16.1. The highest BCUT2D eigenvalue weighted by molar-refractivity contribution is 5.80. The lowest BCUT2D eigenvalue weighted by Gasteiger charge is -2.25. The molecule has 0 aliphatic carbocycles. The number of fused-ring (bicyclic) bond motifs is 1. The average Bonchev–Trinajstić information content (AvgIpc) is 2.42. The Hall–Kier alpha value is -1.96. The van der Waals surface area contributed by atoms with Crippen molar-refractivity contribution in [3.63, 3.8) is 0 Å². The first kappa shape index (κ1) is 14.4. The molecule has 1 aliphatic rings. The van der Waals surface area contributed by atoms with Gasteiger partial charge in [-0.1, -0.05) is 12.1 Å². The van der Waals surface area contributed by atoms with Crippen LogP contribution in [-0.2, 0) is 9.63 Å². The maximum Gasteiger partial charge on any atom is 0.391 e. The van der Waals surface area contributed by atoms with E-state index in [0.717, 1.165) is 0 Å². The lowest BCUT2D eigenvalue weighted by atomic mass is 10.2. The summed E-state index contributed by atoms with van der Waals surface area (Å²) in [5.74, 6) is 0.213. The quantitative estimate of drug-likeness (QED) is 0.679. The number of benzene rings is 1. The third kappa shape index (κ3) is 4.02. The van der Waals surface area contributed by atoms with Crippen molar-refractivity contribution in [1.82, 2.24) is 5.48 Å². The number of hydrogen-bond donors (Lipinski definition) is 1. The largest absolute Gasteiger partial charge is 0.485 e. The van der Waals surface area contributed by atoms with E-state index in [4.69, 9.17) is 9.47 Å². The second-order valence-corrected chi connectivity index (χ2v) is 4.04. The van der Waals surface area contributed by atoms with Crippen LogP contribution in [0.2, 0.25) is 0 Å². The average molecular weight is 291 g/mol. The van der Waals surface area contributed by atoms with E-state index in [-0.39, 0.29) is 6.61 Å². The van der Waals surface area contributed by atoms with Crippen molar-refractivity contribution in [2.24, 2.45) is 0 Å². The number of carbonyl (C=O) groups is 1. The molecular formula is C12H12F3NO4. The molecule has 1 heterocycles. The summed E-state index contributed by atoms with van der Waals surface area (Å²) in [6, 6.07) is 6.77. The second kappa shape index (κ2) is 6.00. The van der Waals surface area contributed by atoms with Crippen LogP contribution in [0.3, 0.4) is 0 Å². The van der Waals surface area contributed by atoms with Crippen molar-refractivity contribution in [2.45, 2.75) is 18.7 Å². The van der Waals surface area contributed by atoms with E-state index in [1.807, 2.05) is 5.48 Å². The van der Waals surface area contributed by atoms with E-state index >= 15 is 0 Å². The zero-order chi connectivity index (χ0) is 14.6. The van der Waals surface area contributed by atoms with Gasteiger partial charge in [0.15, 0.2) is 11.5 Å². The van der Waals surface area contributed by atoms with Crippen molar-refractivity contribution < 1.29 is 32.3 Å². The summed E-state index contributed by atoms with van der Waals surface area (Å²) < 4.78 is 46.2. The van der Waals surface area contributed by atoms with Crippen LogP contribution in [-0.4, -0.2) is 31.4 Å². The minimum atomic E-state index is -4.33. The van der Waals surface area contributed by atoms with Crippen LogP contribution in [0.1, 0.15) is 6.42 Å². The molecule has 0 radical (unpaired) electrons. The Labute approximate surface area is 112 Å². The lowest BCUT2D eigenvalue weighted by molar-refractivity contribution is -0.161. The Morgan fingerprint density at radius 2 is 2.05 bits per heavy atom. The van der Waals surface area contributed by atoms with Gasteiger partial charge < -0.3 is 9.47 Å². The maximum atomic E-state index is 11.9. The molecule has 1 aliphatic heterocycles. The summed E-state index contributed by atoms with van der Waals surface area (Å²) in [5, 5.41) is 0. The lowest BCUT2D eigenvalue weighted by Crippen LogP contribution is -2.44. The molecule has 8 heteroatoms. The van der Waals surface area contributed by atoms with Gasteiger partial charge in [-0.3, -0.25) is 9.63 Å². The number of hydrogen-bond acceptors (Lipinski definition) is 4. The predicted octanol–water partition coefficient (Wildman–Crippen LogP) is 1.83. The summed E-state index contributed by atoms with van der Waals surface area (Å²) >= 11 is 0. The van der Waals surface area contributed by atoms with Crippen molar-refractivity contribution in [3.8, 4) is 11.5 Å². The van der Waals surface area contributed by atoms with Crippen LogP contribution >= 0.6 is 0 Å². The molecule has 1 aromatic rings. The first-order valence-corrected chi connectivity index (χ1v) is 5.82. The molecule has 5 nitrogen and oxygen atoms in total. The van der Waals surface area contributed by atoms with Crippen LogP contribution in [0.15, 0.2) is 24.3 Å². The topological polar surface area (TPSA) is 56.8 Å². The van der Waals surface area contributed by atoms with E-state index in [9.17, 15) is 18.0 Å². The van der Waals surface area contributed by atoms with Crippen LogP contribution < -0.4 is 15.0 Å². The Bertz CT molecular complexity index is 478. The van der Waals surface area contributed by atoms with Gasteiger partial charge in [0.2, 0.25) is 6.10 Å². The molecule has 0 saturated carbocycles. The Balaban J connectivity index is 1.77. The Morgan fingerprint density at radius 3 is 2.75 bits per heavy atom. The zero-order valence-electron chi connectivity index (χ0n) is 10.3. The molecule has 1 amide bonds. The number of alkyl halides is 3. The van der Waals surface area contributed by atoms with Gasteiger partial charge in [-0.2, -0.15) is 13.2 Å². The maximum absolute atomic E-state index is 11.9. The molecule has 0 fully saturated rings. The summed E-state index contributed by atoms with van der Waals surface area (Å²) in [6.07, 6.45) is -6.43. The summed E-state index contributed by atoms with van der Waals surface area (Å²) in [6.45, 7) is -0.690. The third-order valence-corrected chi connectivity index (χ3v) is 2.46. The predicted molar refractivity (Wildman–Crippen MR) is 61.1 cm³/mol. The number of ether oxygens (including phenoxy) is 2. The summed E-state index contributed by atoms with van der Waals surface area (Å²) in [7, 11) is 0. The van der Waals surface area contributed by atoms with Gasteiger partial charge in [-0.15, -0.1) is 0 Å². The molecule has 1 atom stereocenters. The molecule has 1 unspecified atom stereocenters. The monoisotopic (exact) mass is 291 g/mol. The van der Waals surface area contributed by atoms with Crippen LogP contribution in [0, 0.1) is 0 Å². The van der Waals surface area contributed by atoms with E-state index < -0.39 is 31.2 Å². The molecule has 0 bridgehead atoms. The van der Waals surface area contributed by atoms with Gasteiger partial charge in [0, 0.05) is 0 Å². The normalized spacial score (nSPS) is 17.6. The highest BCUT2D eigenvalue weighted by Gasteiger charge is 2.29. The third-order valence-electron chi connectivity index (χ3n) is 2.46. The van der Waals surface area contributed by atoms with Gasteiger partial charge >= 0.3 is 6.18 Å². The van der Waals surface area contributed by atoms with Crippen molar-refractivity contribution in [2.75, 3.05) is 13.2 Å². The zero-order valence-corrected chi connectivity index (χ0v) is 10.3. The fourth-order valence-corrected chi connectivity index (χ4v) is 1.50. The molecule has 0 saturated heterocycles. The minimum absolute atomic E-state index is 0.0362. The van der Waals surface area contributed by atoms with Gasteiger partial charge in [0.05, 0.1) is 13.0 Å². The van der Waals surface area contributed by atoms with Crippen molar-refractivity contribution in [1.29, 1.82) is 0 Å². The van der Waals surface area contributed by atoms with Gasteiger partial charge in [-0.05, 0) is 12.1 Å². The molecule has 0 aromatic heterocycles. The van der Waals surface area contributed by atoms with E-state index in [0.29, 0.717) is 11.5 Å². The van der Waals surface area contributed by atoms with E-state index in [1.54, 1.807) is 24.3 Å². The second-order valence-electron chi connectivity index (χ2n) is 4.04. The molecular weight excluding hydrogens is 279 g/mol. The van der Waals surface area contributed by atoms with E-state index in [2.05, 4.69) is 4.84 Å². The molecule has 2 rings (SSSR count). The highest BCUT2D eigenvalue weighted by atomic mass is 19.4. The molecule has 1 aromatic carbocycles. The van der Waals surface area contributed by atoms with Crippen LogP contribution in [0.4, 0.5) is 13.2 Å². The Kier molecular flexibility index (Phi) is 4.33. The number of hydroxylamine groups is 1. The number of halogens is 3. The summed E-state index contributed by atoms with van der Waals surface area (Å²) in [5.41, 5.74) is 1.91. The van der Waals surface area contributed by atoms with Gasteiger partial charge in [0.25, 0.3) is 5.91 Å². The van der Waals surface area contributed by atoms with Crippen LogP contribution in [0.25, 0.3) is 0 Å². The van der Waals surface area contributed by atoms with Gasteiger partial charge in [0.1, 0.15) is 6.61 Å². The van der Waals surface area contributed by atoms with E-state index in [1.165, 1.54) is 0 Å². The SMILES string of the molecule is O=C(NOCCC(F)(F)F)C1COc2ccccc2O1. The molecule has 110 valence electrons. The minimum Gasteiger partial charge on any atom is -0.485 e. The standard InChI is InChI=1S/C12H12F3NO4/c13-12(14,15)5-6-19-16-11(17)10-7-18-8-3-1-2-4-9(8)20-10/h1-4,10H,5-7H2,(H,16,17). The molecule has 1 N–H and O–H groups in total. The Morgan fingerprint density at radius 1 is 1.35 bits per heavy atom.